The molecule has 1 aromatic carbocycles. The van der Waals surface area contributed by atoms with Gasteiger partial charge in [0.25, 0.3) is 0 Å². The van der Waals surface area contributed by atoms with Crippen LogP contribution >= 0.6 is 0 Å². The van der Waals surface area contributed by atoms with Gasteiger partial charge < -0.3 is 14.7 Å². The number of carbonyl (C=O) groups is 1. The summed E-state index contributed by atoms with van der Waals surface area (Å²) in [6.45, 7) is 9.34. The molecule has 1 fully saturated rings. The number of esters is 1. The summed E-state index contributed by atoms with van der Waals surface area (Å²) in [6, 6.07) is 9.61. The number of carbonyl (C=O) groups excluding carboxylic acids is 1. The SMILES string of the molecule is CCN(CC)CCOC(=O)C(c1ccccc1)C1(O)CCCC(C)C1. The Morgan fingerprint density at radius 1 is 1.32 bits per heavy atom. The topological polar surface area (TPSA) is 49.8 Å². The van der Waals surface area contributed by atoms with Crippen molar-refractivity contribution in [1.82, 2.24) is 4.90 Å². The van der Waals surface area contributed by atoms with Crippen LogP contribution in [0.25, 0.3) is 0 Å². The van der Waals surface area contributed by atoms with Crippen molar-refractivity contribution in [2.75, 3.05) is 26.2 Å². The van der Waals surface area contributed by atoms with Crippen LogP contribution in [-0.2, 0) is 9.53 Å². The van der Waals surface area contributed by atoms with E-state index >= 15 is 0 Å². The van der Waals surface area contributed by atoms with E-state index in [0.29, 0.717) is 25.4 Å². The van der Waals surface area contributed by atoms with Crippen LogP contribution < -0.4 is 0 Å². The van der Waals surface area contributed by atoms with Crippen molar-refractivity contribution in [3.8, 4) is 0 Å². The van der Waals surface area contributed by atoms with Crippen LogP contribution in [-0.4, -0.2) is 47.8 Å². The number of aliphatic hydroxyl groups is 1. The Labute approximate surface area is 152 Å². The van der Waals surface area contributed by atoms with Gasteiger partial charge in [0.15, 0.2) is 0 Å². The van der Waals surface area contributed by atoms with Crippen molar-refractivity contribution in [1.29, 1.82) is 0 Å². The van der Waals surface area contributed by atoms with E-state index in [4.69, 9.17) is 4.74 Å². The summed E-state index contributed by atoms with van der Waals surface area (Å²) in [4.78, 5) is 15.1. The zero-order valence-electron chi connectivity index (χ0n) is 15.9. The van der Waals surface area contributed by atoms with Crippen LogP contribution in [0, 0.1) is 5.92 Å². The van der Waals surface area contributed by atoms with E-state index in [2.05, 4.69) is 25.7 Å². The molecule has 0 aliphatic heterocycles. The number of hydrogen-bond acceptors (Lipinski definition) is 4. The van der Waals surface area contributed by atoms with Gasteiger partial charge in [0, 0.05) is 6.54 Å². The van der Waals surface area contributed by atoms with E-state index in [9.17, 15) is 9.90 Å². The van der Waals surface area contributed by atoms with Gasteiger partial charge in [-0.05, 0) is 37.4 Å². The molecule has 4 heteroatoms. The number of rotatable bonds is 8. The maximum absolute atomic E-state index is 12.9. The molecule has 0 aromatic heterocycles. The molecule has 1 aromatic rings. The third-order valence-electron chi connectivity index (χ3n) is 5.46. The molecular weight excluding hydrogens is 314 g/mol. The molecule has 3 unspecified atom stereocenters. The van der Waals surface area contributed by atoms with E-state index in [1.807, 2.05) is 30.3 Å². The lowest BCUT2D eigenvalue weighted by atomic mass is 9.69. The molecule has 0 heterocycles. The fourth-order valence-electron chi connectivity index (χ4n) is 4.04. The van der Waals surface area contributed by atoms with E-state index in [1.54, 1.807) is 0 Å². The van der Waals surface area contributed by atoms with Gasteiger partial charge in [-0.25, -0.2) is 0 Å². The highest BCUT2D eigenvalue weighted by Crippen LogP contribution is 2.42. The lowest BCUT2D eigenvalue weighted by molar-refractivity contribution is -0.155. The molecule has 1 N–H and O–H groups in total. The summed E-state index contributed by atoms with van der Waals surface area (Å²) >= 11 is 0. The van der Waals surface area contributed by atoms with Gasteiger partial charge in [0.1, 0.15) is 12.5 Å². The molecule has 1 saturated carbocycles. The highest BCUT2D eigenvalue weighted by atomic mass is 16.5. The minimum absolute atomic E-state index is 0.296. The van der Waals surface area contributed by atoms with Gasteiger partial charge in [0.05, 0.1) is 5.60 Å². The molecule has 4 nitrogen and oxygen atoms in total. The average molecular weight is 347 g/mol. The van der Waals surface area contributed by atoms with Crippen LogP contribution in [0.1, 0.15) is 57.9 Å². The molecule has 3 atom stereocenters. The van der Waals surface area contributed by atoms with Crippen LogP contribution in [0.2, 0.25) is 0 Å². The third-order valence-corrected chi connectivity index (χ3v) is 5.46. The third kappa shape index (κ3) is 5.29. The van der Waals surface area contributed by atoms with Gasteiger partial charge in [-0.15, -0.1) is 0 Å². The normalized spacial score (nSPS) is 24.9. The summed E-state index contributed by atoms with van der Waals surface area (Å²) in [5.74, 6) is -0.475. The number of hydrogen-bond donors (Lipinski definition) is 1. The second kappa shape index (κ2) is 9.35. The first-order valence-corrected chi connectivity index (χ1v) is 9.66. The second-order valence-electron chi connectivity index (χ2n) is 7.34. The largest absolute Gasteiger partial charge is 0.464 e. The van der Waals surface area contributed by atoms with Crippen molar-refractivity contribution in [2.45, 2.75) is 58.0 Å². The van der Waals surface area contributed by atoms with Crippen LogP contribution in [0.4, 0.5) is 0 Å². The van der Waals surface area contributed by atoms with E-state index < -0.39 is 11.5 Å². The molecule has 0 saturated heterocycles. The highest BCUT2D eigenvalue weighted by Gasteiger charge is 2.45. The number of benzene rings is 1. The summed E-state index contributed by atoms with van der Waals surface area (Å²) in [5.41, 5.74) is -0.155. The Bertz CT molecular complexity index is 529. The monoisotopic (exact) mass is 347 g/mol. The first-order chi connectivity index (χ1) is 12.0. The molecule has 140 valence electrons. The highest BCUT2D eigenvalue weighted by molar-refractivity contribution is 5.80. The molecule has 1 aliphatic rings. The van der Waals surface area contributed by atoms with E-state index in [-0.39, 0.29) is 5.97 Å². The van der Waals surface area contributed by atoms with E-state index in [0.717, 1.165) is 38.0 Å². The molecular formula is C21H33NO3. The molecule has 0 radical (unpaired) electrons. The van der Waals surface area contributed by atoms with Gasteiger partial charge in [-0.1, -0.05) is 63.9 Å². The summed E-state index contributed by atoms with van der Waals surface area (Å²) < 4.78 is 5.61. The van der Waals surface area contributed by atoms with E-state index in [1.165, 1.54) is 0 Å². The van der Waals surface area contributed by atoms with Crippen molar-refractivity contribution in [2.24, 2.45) is 5.92 Å². The number of likely N-dealkylation sites (N-methyl/N-ethyl adjacent to an activating group) is 1. The Hall–Kier alpha value is -1.39. The first-order valence-electron chi connectivity index (χ1n) is 9.66. The number of nitrogens with zero attached hydrogens (tertiary/aromatic N) is 1. The van der Waals surface area contributed by atoms with Gasteiger partial charge in [-0.3, -0.25) is 4.79 Å². The van der Waals surface area contributed by atoms with Crippen molar-refractivity contribution in [3.63, 3.8) is 0 Å². The van der Waals surface area contributed by atoms with Crippen LogP contribution in [0.3, 0.4) is 0 Å². The Balaban J connectivity index is 2.13. The molecule has 25 heavy (non-hydrogen) atoms. The molecule has 2 rings (SSSR count). The van der Waals surface area contributed by atoms with Crippen LogP contribution in [0.5, 0.6) is 0 Å². The average Bonchev–Trinajstić information content (AvgIpc) is 2.59. The summed E-state index contributed by atoms with van der Waals surface area (Å²) in [5, 5.41) is 11.3. The molecule has 0 bridgehead atoms. The van der Waals surface area contributed by atoms with Gasteiger partial charge >= 0.3 is 5.97 Å². The second-order valence-corrected chi connectivity index (χ2v) is 7.34. The van der Waals surface area contributed by atoms with Crippen molar-refractivity contribution in [3.05, 3.63) is 35.9 Å². The maximum atomic E-state index is 12.9. The number of ether oxygens (including phenoxy) is 1. The summed E-state index contributed by atoms with van der Waals surface area (Å²) in [7, 11) is 0. The van der Waals surface area contributed by atoms with Crippen molar-refractivity contribution >= 4 is 5.97 Å². The maximum Gasteiger partial charge on any atom is 0.316 e. The molecule has 0 spiro atoms. The Kier molecular flexibility index (Phi) is 7.45. The minimum atomic E-state index is -1.01. The van der Waals surface area contributed by atoms with Crippen LogP contribution in [0.15, 0.2) is 30.3 Å². The Morgan fingerprint density at radius 2 is 2.00 bits per heavy atom. The first kappa shape index (κ1) is 19.9. The lowest BCUT2D eigenvalue weighted by Gasteiger charge is -2.40. The van der Waals surface area contributed by atoms with Gasteiger partial charge in [0.2, 0.25) is 0 Å². The minimum Gasteiger partial charge on any atom is -0.464 e. The fourth-order valence-corrected chi connectivity index (χ4v) is 4.04. The quantitative estimate of drug-likeness (QED) is 0.730. The zero-order chi connectivity index (χ0) is 18.3. The predicted octanol–water partition coefficient (Wildman–Crippen LogP) is 3.60. The van der Waals surface area contributed by atoms with Crippen molar-refractivity contribution < 1.29 is 14.6 Å². The molecule has 1 aliphatic carbocycles. The standard InChI is InChI=1S/C21H33NO3/c1-4-22(5-2)14-15-25-20(23)19(18-11-7-6-8-12-18)21(24)13-9-10-17(3)16-21/h6-8,11-12,17,19,24H,4-5,9-10,13-16H2,1-3H3. The lowest BCUT2D eigenvalue weighted by Crippen LogP contribution is -2.45. The Morgan fingerprint density at radius 3 is 2.60 bits per heavy atom. The molecule has 0 amide bonds. The zero-order valence-corrected chi connectivity index (χ0v) is 15.9. The summed E-state index contributed by atoms with van der Waals surface area (Å²) in [6.07, 6.45) is 3.37. The smallest absolute Gasteiger partial charge is 0.316 e. The van der Waals surface area contributed by atoms with Gasteiger partial charge in [-0.2, -0.15) is 0 Å². The fraction of sp³-hybridized carbons (Fsp3) is 0.667. The predicted molar refractivity (Wildman–Crippen MR) is 101 cm³/mol.